The van der Waals surface area contributed by atoms with Crippen LogP contribution in [0.1, 0.15) is 22.8 Å². The minimum Gasteiger partial charge on any atom is -0.496 e. The molecule has 0 unspecified atom stereocenters. The smallest absolute Gasteiger partial charge is 0.330 e. The fourth-order valence-corrected chi connectivity index (χ4v) is 1.46. The van der Waals surface area contributed by atoms with Crippen molar-refractivity contribution in [3.63, 3.8) is 0 Å². The van der Waals surface area contributed by atoms with Crippen molar-refractivity contribution in [3.05, 3.63) is 41.5 Å². The molecule has 0 saturated heterocycles. The summed E-state index contributed by atoms with van der Waals surface area (Å²) in [6.45, 7) is 3.85. The van der Waals surface area contributed by atoms with E-state index in [0.717, 1.165) is 17.4 Å². The number of methoxy groups -OCH3 is 1. The monoisotopic (exact) mass is 248 g/mol. The number of esters is 1. The highest BCUT2D eigenvalue weighted by Crippen LogP contribution is 2.18. The molecule has 0 spiro atoms. The molecule has 0 amide bonds. The number of ether oxygens (including phenoxy) is 2. The van der Waals surface area contributed by atoms with E-state index in [-0.39, 0.29) is 5.78 Å². The molecule has 1 aromatic rings. The van der Waals surface area contributed by atoms with E-state index in [1.165, 1.54) is 6.08 Å². The number of aryl methyl sites for hydroxylation is 1. The summed E-state index contributed by atoms with van der Waals surface area (Å²) in [6.07, 6.45) is 2.34. The minimum atomic E-state index is -0.518. The lowest BCUT2D eigenvalue weighted by molar-refractivity contribution is -0.137. The zero-order valence-electron chi connectivity index (χ0n) is 10.7. The highest BCUT2D eigenvalue weighted by molar-refractivity contribution is 6.07. The van der Waals surface area contributed by atoms with Crippen molar-refractivity contribution in [1.29, 1.82) is 0 Å². The van der Waals surface area contributed by atoms with E-state index >= 15 is 0 Å². The Labute approximate surface area is 106 Å². The van der Waals surface area contributed by atoms with E-state index in [2.05, 4.69) is 0 Å². The lowest BCUT2D eigenvalue weighted by Gasteiger charge is -2.05. The third-order valence-corrected chi connectivity index (χ3v) is 2.34. The first-order valence-corrected chi connectivity index (χ1v) is 5.62. The van der Waals surface area contributed by atoms with E-state index in [1.807, 2.05) is 6.92 Å². The molecule has 96 valence electrons. The van der Waals surface area contributed by atoms with Crippen LogP contribution in [0.2, 0.25) is 0 Å². The summed E-state index contributed by atoms with van der Waals surface area (Å²) in [4.78, 5) is 22.8. The third-order valence-electron chi connectivity index (χ3n) is 2.34. The van der Waals surface area contributed by atoms with Crippen LogP contribution in [0.3, 0.4) is 0 Å². The van der Waals surface area contributed by atoms with Gasteiger partial charge in [0.05, 0.1) is 13.7 Å². The Bertz CT molecular complexity index is 475. The van der Waals surface area contributed by atoms with Crippen LogP contribution in [0, 0.1) is 6.92 Å². The summed E-state index contributed by atoms with van der Waals surface area (Å²) in [7, 11) is 1.57. The molecule has 0 aromatic heterocycles. The molecule has 0 saturated carbocycles. The van der Waals surface area contributed by atoms with Crippen molar-refractivity contribution < 1.29 is 19.1 Å². The first-order valence-electron chi connectivity index (χ1n) is 5.62. The highest BCUT2D eigenvalue weighted by atomic mass is 16.5. The predicted octanol–water partition coefficient (Wildman–Crippen LogP) is 2.31. The van der Waals surface area contributed by atoms with Gasteiger partial charge in [-0.3, -0.25) is 4.79 Å². The fourth-order valence-electron chi connectivity index (χ4n) is 1.46. The second kappa shape index (κ2) is 6.59. The van der Waals surface area contributed by atoms with E-state index in [4.69, 9.17) is 9.47 Å². The standard InChI is InChI=1S/C14H16O4/c1-4-18-14(16)8-6-12(15)11-5-7-13(17-3)10(2)9-11/h5-9H,4H2,1-3H3/b8-6+. The summed E-state index contributed by atoms with van der Waals surface area (Å²) in [5.74, 6) is -0.0363. The Morgan fingerprint density at radius 3 is 2.56 bits per heavy atom. The van der Waals surface area contributed by atoms with Crippen LogP contribution in [0.15, 0.2) is 30.4 Å². The summed E-state index contributed by atoms with van der Waals surface area (Å²) >= 11 is 0. The number of allylic oxidation sites excluding steroid dienone is 1. The number of ketones is 1. The number of rotatable bonds is 5. The second-order valence-electron chi connectivity index (χ2n) is 3.63. The minimum absolute atomic E-state index is 0.242. The molecular formula is C14H16O4. The van der Waals surface area contributed by atoms with Gasteiger partial charge in [0.1, 0.15) is 5.75 Å². The van der Waals surface area contributed by atoms with Gasteiger partial charge in [-0.2, -0.15) is 0 Å². The van der Waals surface area contributed by atoms with Crippen molar-refractivity contribution >= 4 is 11.8 Å². The molecule has 0 aliphatic carbocycles. The van der Waals surface area contributed by atoms with Crippen LogP contribution in [0.5, 0.6) is 5.75 Å². The lowest BCUT2D eigenvalue weighted by atomic mass is 10.1. The molecule has 4 nitrogen and oxygen atoms in total. The Morgan fingerprint density at radius 2 is 2.00 bits per heavy atom. The van der Waals surface area contributed by atoms with Crippen LogP contribution in [0.4, 0.5) is 0 Å². The van der Waals surface area contributed by atoms with Crippen molar-refractivity contribution in [2.45, 2.75) is 13.8 Å². The molecule has 1 rings (SSSR count). The van der Waals surface area contributed by atoms with E-state index in [0.29, 0.717) is 12.2 Å². The summed E-state index contributed by atoms with van der Waals surface area (Å²) in [5, 5.41) is 0. The Kier molecular flexibility index (Phi) is 5.11. The normalized spacial score (nSPS) is 10.4. The predicted molar refractivity (Wildman–Crippen MR) is 67.8 cm³/mol. The number of carbonyl (C=O) groups excluding carboxylic acids is 2. The number of hydrogen-bond acceptors (Lipinski definition) is 4. The molecule has 0 N–H and O–H groups in total. The van der Waals surface area contributed by atoms with E-state index < -0.39 is 5.97 Å². The van der Waals surface area contributed by atoms with Crippen LogP contribution >= 0.6 is 0 Å². The molecule has 0 aliphatic rings. The summed E-state index contributed by atoms with van der Waals surface area (Å²) in [5.41, 5.74) is 1.38. The maximum Gasteiger partial charge on any atom is 0.330 e. The molecule has 0 heterocycles. The summed E-state index contributed by atoms with van der Waals surface area (Å²) < 4.78 is 9.80. The molecule has 0 fully saturated rings. The molecule has 0 radical (unpaired) electrons. The lowest BCUT2D eigenvalue weighted by Crippen LogP contribution is -2.02. The quantitative estimate of drug-likeness (QED) is 0.456. The molecule has 4 heteroatoms. The van der Waals surface area contributed by atoms with Gasteiger partial charge in [0.25, 0.3) is 0 Å². The van der Waals surface area contributed by atoms with Gasteiger partial charge >= 0.3 is 5.97 Å². The van der Waals surface area contributed by atoms with Crippen molar-refractivity contribution in [1.82, 2.24) is 0 Å². The number of benzene rings is 1. The van der Waals surface area contributed by atoms with Gasteiger partial charge in [-0.25, -0.2) is 4.79 Å². The van der Waals surface area contributed by atoms with Gasteiger partial charge in [-0.15, -0.1) is 0 Å². The molecule has 0 aliphatic heterocycles. The number of carbonyl (C=O) groups is 2. The molecule has 0 bridgehead atoms. The maximum absolute atomic E-state index is 11.8. The SMILES string of the molecule is CCOC(=O)/C=C/C(=O)c1ccc(OC)c(C)c1. The van der Waals surface area contributed by atoms with E-state index in [9.17, 15) is 9.59 Å². The van der Waals surface area contributed by atoms with Gasteiger partial charge < -0.3 is 9.47 Å². The first-order chi connectivity index (χ1) is 8.58. The van der Waals surface area contributed by atoms with Crippen molar-refractivity contribution in [2.75, 3.05) is 13.7 Å². The van der Waals surface area contributed by atoms with Crippen LogP contribution in [-0.2, 0) is 9.53 Å². The second-order valence-corrected chi connectivity index (χ2v) is 3.63. The maximum atomic E-state index is 11.8. The average Bonchev–Trinajstić information content (AvgIpc) is 2.36. The molecule has 18 heavy (non-hydrogen) atoms. The Morgan fingerprint density at radius 1 is 1.28 bits per heavy atom. The van der Waals surface area contributed by atoms with Crippen molar-refractivity contribution in [2.24, 2.45) is 0 Å². The zero-order valence-corrected chi connectivity index (χ0v) is 10.7. The highest BCUT2D eigenvalue weighted by Gasteiger charge is 2.06. The first kappa shape index (κ1) is 14.0. The van der Waals surface area contributed by atoms with Gasteiger partial charge in [0.15, 0.2) is 5.78 Å². The van der Waals surface area contributed by atoms with Gasteiger partial charge in [0, 0.05) is 11.6 Å². The fraction of sp³-hybridized carbons (Fsp3) is 0.286. The third kappa shape index (κ3) is 3.73. The van der Waals surface area contributed by atoms with Gasteiger partial charge in [0.2, 0.25) is 0 Å². The Hall–Kier alpha value is -2.10. The van der Waals surface area contributed by atoms with Crippen LogP contribution < -0.4 is 4.74 Å². The zero-order chi connectivity index (χ0) is 13.5. The van der Waals surface area contributed by atoms with E-state index in [1.54, 1.807) is 32.2 Å². The number of hydrogen-bond donors (Lipinski definition) is 0. The molecule has 0 atom stereocenters. The molecular weight excluding hydrogens is 232 g/mol. The molecule has 1 aromatic carbocycles. The van der Waals surface area contributed by atoms with Crippen LogP contribution in [-0.4, -0.2) is 25.5 Å². The Balaban J connectivity index is 2.79. The largest absolute Gasteiger partial charge is 0.496 e. The van der Waals surface area contributed by atoms with Crippen LogP contribution in [0.25, 0.3) is 0 Å². The van der Waals surface area contributed by atoms with Crippen molar-refractivity contribution in [3.8, 4) is 5.75 Å². The average molecular weight is 248 g/mol. The summed E-state index contributed by atoms with van der Waals surface area (Å²) in [6, 6.07) is 5.10. The topological polar surface area (TPSA) is 52.6 Å². The van der Waals surface area contributed by atoms with Gasteiger partial charge in [-0.1, -0.05) is 0 Å². The van der Waals surface area contributed by atoms with Gasteiger partial charge in [-0.05, 0) is 43.7 Å².